The van der Waals surface area contributed by atoms with Crippen LogP contribution < -0.4 is 0 Å². The van der Waals surface area contributed by atoms with E-state index < -0.39 is 0 Å². The molecule has 1 radical (unpaired) electrons. The topological polar surface area (TPSA) is 26.0 Å². The van der Waals surface area contributed by atoms with Gasteiger partial charge in [0, 0.05) is 0 Å². The number of rotatable bonds is 0. The van der Waals surface area contributed by atoms with Crippen molar-refractivity contribution in [1.29, 1.82) is 0 Å². The van der Waals surface area contributed by atoms with Crippen LogP contribution in [-0.4, -0.2) is 5.16 Å². The van der Waals surface area contributed by atoms with Crippen LogP contribution in [-0.2, 0) is 0 Å². The van der Waals surface area contributed by atoms with E-state index in [1.807, 2.05) is 0 Å². The third kappa shape index (κ3) is 0.542. The number of hydrogen-bond acceptors (Lipinski definition) is 3. The predicted octanol–water partition coefficient (Wildman–Crippen LogP) is 0.763. The van der Waals surface area contributed by atoms with Crippen LogP contribution in [0, 0.1) is 6.07 Å². The van der Waals surface area contributed by atoms with Crippen LogP contribution in [0.2, 0.25) is 0 Å². The molecule has 0 N–H and O–H groups in total. The standard InChI is InChI=1S/C3H2NOS/c6-3-1-2-5-4-3/h2H,(H,4,6). The van der Waals surface area contributed by atoms with Crippen molar-refractivity contribution >= 4 is 12.6 Å². The van der Waals surface area contributed by atoms with Crippen molar-refractivity contribution < 1.29 is 4.52 Å². The summed E-state index contributed by atoms with van der Waals surface area (Å²) in [5, 5.41) is 3.85. The molecule has 1 rings (SSSR count). The van der Waals surface area contributed by atoms with Gasteiger partial charge in [0.1, 0.15) is 11.3 Å². The fourth-order valence-electron chi connectivity index (χ4n) is 0.182. The lowest BCUT2D eigenvalue weighted by Gasteiger charge is -1.60. The Bertz CT molecular complexity index is 114. The van der Waals surface area contributed by atoms with Crippen LogP contribution in [0.25, 0.3) is 0 Å². The highest BCUT2D eigenvalue weighted by Gasteiger charge is 1.80. The van der Waals surface area contributed by atoms with Gasteiger partial charge in [-0.05, 0) is 0 Å². The minimum absolute atomic E-state index is 0.495. The molecule has 3 heteroatoms. The number of thiol groups is 1. The first-order chi connectivity index (χ1) is 2.89. The van der Waals surface area contributed by atoms with Gasteiger partial charge in [0.15, 0.2) is 0 Å². The monoisotopic (exact) mass is 100.0 g/mol. The van der Waals surface area contributed by atoms with E-state index in [4.69, 9.17) is 0 Å². The van der Waals surface area contributed by atoms with Crippen LogP contribution in [0.15, 0.2) is 15.8 Å². The summed E-state index contributed by atoms with van der Waals surface area (Å²) in [7, 11) is 0. The molecule has 2 nitrogen and oxygen atoms in total. The second-order valence-electron chi connectivity index (χ2n) is 0.782. The highest BCUT2D eigenvalue weighted by molar-refractivity contribution is 7.80. The largest absolute Gasteiger partial charge is 0.363 e. The minimum Gasteiger partial charge on any atom is -0.363 e. The molecule has 6 heavy (non-hydrogen) atoms. The zero-order valence-electron chi connectivity index (χ0n) is 2.88. The summed E-state index contributed by atoms with van der Waals surface area (Å²) in [6.07, 6.45) is 1.35. The van der Waals surface area contributed by atoms with E-state index in [1.165, 1.54) is 6.26 Å². The van der Waals surface area contributed by atoms with Crippen molar-refractivity contribution in [3.05, 3.63) is 12.3 Å². The number of nitrogens with zero attached hydrogens (tertiary/aromatic N) is 1. The molecule has 31 valence electrons. The van der Waals surface area contributed by atoms with E-state index in [0.717, 1.165) is 0 Å². The lowest BCUT2D eigenvalue weighted by Crippen LogP contribution is -1.52. The fourth-order valence-corrected chi connectivity index (χ4v) is 0.282. The van der Waals surface area contributed by atoms with Gasteiger partial charge in [-0.15, -0.1) is 12.6 Å². The summed E-state index contributed by atoms with van der Waals surface area (Å²) in [5.74, 6) is 0. The summed E-state index contributed by atoms with van der Waals surface area (Å²) < 4.78 is 4.33. The van der Waals surface area contributed by atoms with Crippen molar-refractivity contribution in [3.63, 3.8) is 0 Å². The second kappa shape index (κ2) is 1.34. The van der Waals surface area contributed by atoms with E-state index in [0.29, 0.717) is 5.03 Å². The Balaban J connectivity index is 3.05. The predicted molar refractivity (Wildman–Crippen MR) is 22.6 cm³/mol. The Hall–Kier alpha value is -0.440. The van der Waals surface area contributed by atoms with Crippen LogP contribution in [0.1, 0.15) is 0 Å². The Labute approximate surface area is 40.6 Å². The van der Waals surface area contributed by atoms with Gasteiger partial charge in [0.25, 0.3) is 0 Å². The third-order valence-electron chi connectivity index (χ3n) is 0.380. The zero-order chi connectivity index (χ0) is 4.41. The highest BCUT2D eigenvalue weighted by Crippen LogP contribution is 1.95. The Morgan fingerprint density at radius 2 is 2.83 bits per heavy atom. The molecule has 0 atom stereocenters. The van der Waals surface area contributed by atoms with Crippen molar-refractivity contribution in [2.75, 3.05) is 0 Å². The Morgan fingerprint density at radius 3 is 3.00 bits per heavy atom. The molecule has 0 bridgehead atoms. The smallest absolute Gasteiger partial charge is 0.144 e. The van der Waals surface area contributed by atoms with Gasteiger partial charge >= 0.3 is 0 Å². The number of aromatic nitrogens is 1. The lowest BCUT2D eigenvalue weighted by atomic mass is 10.8. The molecule has 0 amide bonds. The van der Waals surface area contributed by atoms with Gasteiger partial charge in [-0.1, -0.05) is 5.16 Å². The zero-order valence-corrected chi connectivity index (χ0v) is 3.77. The van der Waals surface area contributed by atoms with Gasteiger partial charge < -0.3 is 4.52 Å². The molecule has 1 aromatic rings. The van der Waals surface area contributed by atoms with Gasteiger partial charge in [-0.2, -0.15) is 0 Å². The van der Waals surface area contributed by atoms with E-state index in [1.54, 1.807) is 0 Å². The molecule has 0 saturated carbocycles. The lowest BCUT2D eigenvalue weighted by molar-refractivity contribution is 0.404. The maximum absolute atomic E-state index is 4.33. The van der Waals surface area contributed by atoms with Crippen molar-refractivity contribution in [2.24, 2.45) is 0 Å². The quantitative estimate of drug-likeness (QED) is 0.487. The summed E-state index contributed by atoms with van der Waals surface area (Å²) in [6.45, 7) is 0. The first-order valence-corrected chi connectivity index (χ1v) is 1.85. The summed E-state index contributed by atoms with van der Waals surface area (Å²) >= 11 is 3.78. The van der Waals surface area contributed by atoms with Gasteiger partial charge in [0.2, 0.25) is 0 Å². The van der Waals surface area contributed by atoms with E-state index in [2.05, 4.69) is 28.4 Å². The molecule has 0 aliphatic heterocycles. The average Bonchev–Trinajstić information content (AvgIpc) is 1.86. The first kappa shape index (κ1) is 3.74. The van der Waals surface area contributed by atoms with E-state index in [-0.39, 0.29) is 0 Å². The molecular weight excluding hydrogens is 98.1 g/mol. The van der Waals surface area contributed by atoms with E-state index in [9.17, 15) is 0 Å². The first-order valence-electron chi connectivity index (χ1n) is 1.40. The fraction of sp³-hybridized carbons (Fsp3) is 0. The number of hydrogen-bond donors (Lipinski definition) is 1. The molecule has 0 aromatic carbocycles. The van der Waals surface area contributed by atoms with Crippen molar-refractivity contribution in [3.8, 4) is 0 Å². The molecule has 1 aromatic heterocycles. The summed E-state index contributed by atoms with van der Waals surface area (Å²) in [5.41, 5.74) is 0. The molecule has 0 spiro atoms. The van der Waals surface area contributed by atoms with E-state index >= 15 is 0 Å². The summed E-state index contributed by atoms with van der Waals surface area (Å²) in [4.78, 5) is 0. The highest BCUT2D eigenvalue weighted by atomic mass is 32.1. The van der Waals surface area contributed by atoms with Crippen LogP contribution in [0.5, 0.6) is 0 Å². The normalized spacial score (nSPS) is 8.83. The Kier molecular flexibility index (Phi) is 0.837. The van der Waals surface area contributed by atoms with Crippen LogP contribution in [0.4, 0.5) is 0 Å². The molecule has 0 fully saturated rings. The van der Waals surface area contributed by atoms with Crippen LogP contribution in [0.3, 0.4) is 0 Å². The van der Waals surface area contributed by atoms with Crippen LogP contribution >= 0.6 is 12.6 Å². The van der Waals surface area contributed by atoms with Gasteiger partial charge in [-0.3, -0.25) is 0 Å². The second-order valence-corrected chi connectivity index (χ2v) is 1.21. The van der Waals surface area contributed by atoms with Crippen molar-refractivity contribution in [2.45, 2.75) is 5.03 Å². The summed E-state index contributed by atoms with van der Waals surface area (Å²) in [6, 6.07) is 2.59. The van der Waals surface area contributed by atoms with Gasteiger partial charge in [0.05, 0.1) is 6.07 Å². The third-order valence-corrected chi connectivity index (χ3v) is 0.591. The van der Waals surface area contributed by atoms with Gasteiger partial charge in [-0.25, -0.2) is 0 Å². The minimum atomic E-state index is 0.495. The maximum atomic E-state index is 4.33. The molecule has 0 unspecified atom stereocenters. The molecule has 0 saturated heterocycles. The average molecular weight is 100 g/mol. The molecule has 0 aliphatic carbocycles. The molecular formula is C3H2NOS. The molecule has 1 heterocycles. The van der Waals surface area contributed by atoms with Crippen molar-refractivity contribution in [1.82, 2.24) is 5.16 Å². The molecule has 0 aliphatic rings. The maximum Gasteiger partial charge on any atom is 0.144 e. The Morgan fingerprint density at radius 1 is 2.00 bits per heavy atom. The SMILES string of the molecule is Sc1[c]con1.